The standard InChI is InChI=1S/C20H29N3O3/c1-3-26-18-9-8-15-10-11-23(13-16(15)12-18)14(2)19(24)22-20(25)21-17-6-4-5-7-17/h8-9,12,14,17H,3-7,10-11,13H2,1-2H3,(H2,21,22,24,25). The van der Waals surface area contributed by atoms with Crippen molar-refractivity contribution in [3.05, 3.63) is 29.3 Å². The Morgan fingerprint density at radius 1 is 1.27 bits per heavy atom. The topological polar surface area (TPSA) is 70.7 Å². The number of carbonyl (C=O) groups is 2. The monoisotopic (exact) mass is 359 g/mol. The molecule has 26 heavy (non-hydrogen) atoms. The van der Waals surface area contributed by atoms with Crippen LogP contribution in [0, 0.1) is 0 Å². The van der Waals surface area contributed by atoms with E-state index in [1.54, 1.807) is 0 Å². The van der Waals surface area contributed by atoms with Crippen LogP contribution in [-0.2, 0) is 17.8 Å². The normalized spacial score (nSPS) is 18.8. The number of nitrogens with one attached hydrogen (secondary N) is 2. The number of amides is 3. The number of benzene rings is 1. The molecule has 1 aromatic carbocycles. The molecule has 1 atom stereocenters. The SMILES string of the molecule is CCOc1ccc2c(c1)CN(C(C)C(=O)NC(=O)NC1CCCC1)CC2. The van der Waals surface area contributed by atoms with Gasteiger partial charge in [-0.15, -0.1) is 0 Å². The highest BCUT2D eigenvalue weighted by atomic mass is 16.5. The molecule has 0 spiro atoms. The first-order valence-corrected chi connectivity index (χ1v) is 9.67. The van der Waals surface area contributed by atoms with Crippen LogP contribution in [0.15, 0.2) is 18.2 Å². The molecule has 2 N–H and O–H groups in total. The second-order valence-electron chi connectivity index (χ2n) is 7.20. The first-order valence-electron chi connectivity index (χ1n) is 9.67. The van der Waals surface area contributed by atoms with Crippen molar-refractivity contribution < 1.29 is 14.3 Å². The van der Waals surface area contributed by atoms with Crippen molar-refractivity contribution in [1.82, 2.24) is 15.5 Å². The molecule has 1 heterocycles. The Balaban J connectivity index is 1.55. The summed E-state index contributed by atoms with van der Waals surface area (Å²) in [7, 11) is 0. The number of nitrogens with zero attached hydrogens (tertiary/aromatic N) is 1. The van der Waals surface area contributed by atoms with Crippen LogP contribution in [0.2, 0.25) is 0 Å². The second-order valence-corrected chi connectivity index (χ2v) is 7.20. The lowest BCUT2D eigenvalue weighted by atomic mass is 9.98. The summed E-state index contributed by atoms with van der Waals surface area (Å²) in [5, 5.41) is 5.40. The summed E-state index contributed by atoms with van der Waals surface area (Å²) in [4.78, 5) is 26.6. The van der Waals surface area contributed by atoms with E-state index in [2.05, 4.69) is 27.7 Å². The molecule has 3 amide bonds. The summed E-state index contributed by atoms with van der Waals surface area (Å²) in [6.07, 6.45) is 5.19. The van der Waals surface area contributed by atoms with Crippen LogP contribution >= 0.6 is 0 Å². The predicted molar refractivity (Wildman–Crippen MR) is 100 cm³/mol. The lowest BCUT2D eigenvalue weighted by Crippen LogP contribution is -2.51. The Bertz CT molecular complexity index is 656. The van der Waals surface area contributed by atoms with Gasteiger partial charge >= 0.3 is 6.03 Å². The van der Waals surface area contributed by atoms with Crippen molar-refractivity contribution >= 4 is 11.9 Å². The number of fused-ring (bicyclic) bond motifs is 1. The molecule has 0 bridgehead atoms. The summed E-state index contributed by atoms with van der Waals surface area (Å²) in [5.41, 5.74) is 2.49. The lowest BCUT2D eigenvalue weighted by Gasteiger charge is -2.33. The smallest absolute Gasteiger partial charge is 0.321 e. The molecule has 6 heteroatoms. The van der Waals surface area contributed by atoms with Crippen molar-refractivity contribution in [2.45, 2.75) is 64.6 Å². The minimum atomic E-state index is -0.371. The fourth-order valence-corrected chi connectivity index (χ4v) is 3.82. The first-order chi connectivity index (χ1) is 12.6. The highest BCUT2D eigenvalue weighted by Gasteiger charge is 2.27. The van der Waals surface area contributed by atoms with E-state index in [0.717, 1.165) is 44.4 Å². The van der Waals surface area contributed by atoms with Crippen LogP contribution in [0.1, 0.15) is 50.7 Å². The highest BCUT2D eigenvalue weighted by Crippen LogP contribution is 2.25. The molecule has 0 radical (unpaired) electrons. The van der Waals surface area contributed by atoms with E-state index in [-0.39, 0.29) is 24.0 Å². The van der Waals surface area contributed by atoms with E-state index in [1.165, 1.54) is 11.1 Å². The zero-order valence-electron chi connectivity index (χ0n) is 15.7. The van der Waals surface area contributed by atoms with Gasteiger partial charge in [0.15, 0.2) is 0 Å². The van der Waals surface area contributed by atoms with Crippen LogP contribution in [0.4, 0.5) is 4.79 Å². The maximum Gasteiger partial charge on any atom is 0.321 e. The molecule has 1 aliphatic heterocycles. The second kappa shape index (κ2) is 8.54. The van der Waals surface area contributed by atoms with E-state index in [0.29, 0.717) is 13.2 Å². The van der Waals surface area contributed by atoms with E-state index >= 15 is 0 Å². The largest absolute Gasteiger partial charge is 0.494 e. The zero-order chi connectivity index (χ0) is 18.5. The van der Waals surface area contributed by atoms with Gasteiger partial charge in [0.05, 0.1) is 12.6 Å². The lowest BCUT2D eigenvalue weighted by molar-refractivity contribution is -0.125. The van der Waals surface area contributed by atoms with Crippen LogP contribution in [0.3, 0.4) is 0 Å². The van der Waals surface area contributed by atoms with Gasteiger partial charge in [-0.1, -0.05) is 18.9 Å². The number of ether oxygens (including phenoxy) is 1. The molecule has 1 saturated carbocycles. The summed E-state index contributed by atoms with van der Waals surface area (Å²) >= 11 is 0. The Kier molecular flexibility index (Phi) is 6.14. The third kappa shape index (κ3) is 4.55. The quantitative estimate of drug-likeness (QED) is 0.848. The summed E-state index contributed by atoms with van der Waals surface area (Å²) in [6.45, 7) is 5.96. The van der Waals surface area contributed by atoms with E-state index in [9.17, 15) is 9.59 Å². The minimum absolute atomic E-state index is 0.206. The highest BCUT2D eigenvalue weighted by molar-refractivity contribution is 5.96. The number of hydrogen-bond acceptors (Lipinski definition) is 4. The maximum atomic E-state index is 12.5. The van der Waals surface area contributed by atoms with Crippen LogP contribution in [0.25, 0.3) is 0 Å². The molecular formula is C20H29N3O3. The molecule has 1 aromatic rings. The number of carbonyl (C=O) groups excluding carboxylic acids is 2. The molecular weight excluding hydrogens is 330 g/mol. The fourth-order valence-electron chi connectivity index (χ4n) is 3.82. The predicted octanol–water partition coefficient (Wildman–Crippen LogP) is 2.60. The Morgan fingerprint density at radius 2 is 2.04 bits per heavy atom. The Labute approximate surface area is 155 Å². The van der Waals surface area contributed by atoms with Gasteiger partial charge in [0.1, 0.15) is 5.75 Å². The van der Waals surface area contributed by atoms with Gasteiger partial charge in [-0.2, -0.15) is 0 Å². The first kappa shape index (κ1) is 18.7. The van der Waals surface area contributed by atoms with E-state index < -0.39 is 0 Å². The van der Waals surface area contributed by atoms with E-state index in [1.807, 2.05) is 19.9 Å². The molecule has 1 unspecified atom stereocenters. The van der Waals surface area contributed by atoms with Gasteiger partial charge in [-0.25, -0.2) is 4.79 Å². The minimum Gasteiger partial charge on any atom is -0.494 e. The summed E-state index contributed by atoms with van der Waals surface area (Å²) in [6, 6.07) is 5.65. The van der Waals surface area contributed by atoms with Crippen LogP contribution < -0.4 is 15.4 Å². The van der Waals surface area contributed by atoms with Crippen LogP contribution in [0.5, 0.6) is 5.75 Å². The molecule has 2 aliphatic rings. The van der Waals surface area contributed by atoms with Gasteiger partial charge in [0.2, 0.25) is 5.91 Å². The Hall–Kier alpha value is -2.08. The van der Waals surface area contributed by atoms with Crippen molar-refractivity contribution in [1.29, 1.82) is 0 Å². The van der Waals surface area contributed by atoms with Gasteiger partial charge in [0, 0.05) is 19.1 Å². The van der Waals surface area contributed by atoms with Gasteiger partial charge in [-0.05, 0) is 56.4 Å². The zero-order valence-corrected chi connectivity index (χ0v) is 15.7. The maximum absolute atomic E-state index is 12.5. The number of urea groups is 1. The molecule has 142 valence electrons. The van der Waals surface area contributed by atoms with Gasteiger partial charge < -0.3 is 10.1 Å². The third-order valence-electron chi connectivity index (χ3n) is 5.38. The molecule has 1 fully saturated rings. The van der Waals surface area contributed by atoms with Crippen LogP contribution in [-0.4, -0.2) is 42.1 Å². The number of imide groups is 1. The number of hydrogen-bond donors (Lipinski definition) is 2. The van der Waals surface area contributed by atoms with Crippen molar-refractivity contribution in [2.24, 2.45) is 0 Å². The summed E-state index contributed by atoms with van der Waals surface area (Å²) in [5.74, 6) is 0.617. The molecule has 6 nitrogen and oxygen atoms in total. The number of rotatable bonds is 5. The van der Waals surface area contributed by atoms with Gasteiger partial charge in [0.25, 0.3) is 0 Å². The molecule has 1 aliphatic carbocycles. The molecule has 3 rings (SSSR count). The van der Waals surface area contributed by atoms with E-state index in [4.69, 9.17) is 4.74 Å². The average molecular weight is 359 g/mol. The average Bonchev–Trinajstić information content (AvgIpc) is 3.13. The van der Waals surface area contributed by atoms with Crippen molar-refractivity contribution in [2.75, 3.05) is 13.2 Å². The Morgan fingerprint density at radius 3 is 2.77 bits per heavy atom. The van der Waals surface area contributed by atoms with Crippen molar-refractivity contribution in [3.63, 3.8) is 0 Å². The molecule has 0 saturated heterocycles. The fraction of sp³-hybridized carbons (Fsp3) is 0.600. The van der Waals surface area contributed by atoms with Gasteiger partial charge in [-0.3, -0.25) is 15.0 Å². The third-order valence-corrected chi connectivity index (χ3v) is 5.38. The summed E-state index contributed by atoms with van der Waals surface area (Å²) < 4.78 is 5.58. The molecule has 0 aromatic heterocycles. The van der Waals surface area contributed by atoms with Crippen molar-refractivity contribution in [3.8, 4) is 5.75 Å².